The lowest BCUT2D eigenvalue weighted by Gasteiger charge is -2.20. The summed E-state index contributed by atoms with van der Waals surface area (Å²) in [6.45, 7) is 4.13. The van der Waals surface area contributed by atoms with Crippen molar-refractivity contribution in [2.24, 2.45) is 5.92 Å². The number of benzene rings is 1. The van der Waals surface area contributed by atoms with Gasteiger partial charge < -0.3 is 4.84 Å². The Bertz CT molecular complexity index is 322. The highest BCUT2D eigenvalue weighted by molar-refractivity contribution is 5.96. The summed E-state index contributed by atoms with van der Waals surface area (Å²) in [6, 6.07) is 9.39. The first-order valence-corrected chi connectivity index (χ1v) is 5.52. The highest BCUT2D eigenvalue weighted by Gasteiger charge is 2.17. The minimum Gasteiger partial charge on any atom is -0.305 e. The molecule has 0 radical (unpaired) electrons. The van der Waals surface area contributed by atoms with Crippen molar-refractivity contribution in [1.82, 2.24) is 5.48 Å². The molecule has 0 aliphatic heterocycles. The van der Waals surface area contributed by atoms with E-state index < -0.39 is 0 Å². The monoisotopic (exact) mass is 221 g/mol. The van der Waals surface area contributed by atoms with Crippen LogP contribution in [0.3, 0.4) is 0 Å². The van der Waals surface area contributed by atoms with Crippen LogP contribution in [0.1, 0.15) is 30.6 Å². The predicted octanol–water partition coefficient (Wildman–Crippen LogP) is 2.44. The fourth-order valence-electron chi connectivity index (χ4n) is 1.51. The molecule has 1 unspecified atom stereocenters. The van der Waals surface area contributed by atoms with Crippen LogP contribution in [0.15, 0.2) is 30.3 Å². The zero-order chi connectivity index (χ0) is 12.0. The van der Waals surface area contributed by atoms with Gasteiger partial charge in [0.25, 0.3) is 0 Å². The molecule has 1 atom stereocenters. The van der Waals surface area contributed by atoms with Gasteiger partial charge in [-0.25, -0.2) is 0 Å². The van der Waals surface area contributed by atoms with Crippen molar-refractivity contribution in [2.45, 2.75) is 26.3 Å². The van der Waals surface area contributed by atoms with Crippen molar-refractivity contribution in [3.63, 3.8) is 0 Å². The van der Waals surface area contributed by atoms with Gasteiger partial charge in [0.1, 0.15) is 0 Å². The molecule has 0 fully saturated rings. The van der Waals surface area contributed by atoms with Crippen LogP contribution < -0.4 is 5.48 Å². The number of nitrogens with one attached hydrogen (secondary N) is 1. The highest BCUT2D eigenvalue weighted by atomic mass is 16.6. The van der Waals surface area contributed by atoms with Gasteiger partial charge >= 0.3 is 0 Å². The molecule has 0 spiro atoms. The fraction of sp³-hybridized carbons (Fsp3) is 0.462. The van der Waals surface area contributed by atoms with Gasteiger partial charge in [0.2, 0.25) is 0 Å². The largest absolute Gasteiger partial charge is 0.305 e. The standard InChI is InChI=1S/C13H19NO2/c1-10(2)12(14-16-3)9-13(15)11-7-5-4-6-8-11/h4-8,10,12,14H,9H2,1-3H3. The van der Waals surface area contributed by atoms with E-state index in [2.05, 4.69) is 19.3 Å². The number of carbonyl (C=O) groups excluding carboxylic acids is 1. The molecule has 1 aromatic rings. The molecule has 3 nitrogen and oxygen atoms in total. The Morgan fingerprint density at radius 1 is 1.31 bits per heavy atom. The third-order valence-electron chi connectivity index (χ3n) is 2.58. The molecule has 1 N–H and O–H groups in total. The average molecular weight is 221 g/mol. The maximum absolute atomic E-state index is 11.9. The van der Waals surface area contributed by atoms with Crippen LogP contribution in [-0.2, 0) is 4.84 Å². The van der Waals surface area contributed by atoms with E-state index in [9.17, 15) is 4.79 Å². The van der Waals surface area contributed by atoms with E-state index in [1.807, 2.05) is 30.3 Å². The van der Waals surface area contributed by atoms with Gasteiger partial charge in [0, 0.05) is 18.0 Å². The van der Waals surface area contributed by atoms with E-state index in [4.69, 9.17) is 4.84 Å². The Morgan fingerprint density at radius 2 is 1.94 bits per heavy atom. The molecule has 16 heavy (non-hydrogen) atoms. The van der Waals surface area contributed by atoms with Crippen molar-refractivity contribution in [1.29, 1.82) is 0 Å². The molecule has 0 aliphatic rings. The Morgan fingerprint density at radius 3 is 2.44 bits per heavy atom. The molecule has 0 aromatic heterocycles. The lowest BCUT2D eigenvalue weighted by Crippen LogP contribution is -2.35. The number of hydrogen-bond acceptors (Lipinski definition) is 3. The fourth-order valence-corrected chi connectivity index (χ4v) is 1.51. The van der Waals surface area contributed by atoms with Gasteiger partial charge in [-0.1, -0.05) is 44.2 Å². The molecular weight excluding hydrogens is 202 g/mol. The summed E-state index contributed by atoms with van der Waals surface area (Å²) in [6.07, 6.45) is 0.454. The summed E-state index contributed by atoms with van der Waals surface area (Å²) < 4.78 is 0. The van der Waals surface area contributed by atoms with Gasteiger partial charge in [0.15, 0.2) is 5.78 Å². The first-order valence-electron chi connectivity index (χ1n) is 5.52. The van der Waals surface area contributed by atoms with E-state index in [-0.39, 0.29) is 11.8 Å². The summed E-state index contributed by atoms with van der Waals surface area (Å²) in [7, 11) is 1.57. The molecule has 0 saturated heterocycles. The van der Waals surface area contributed by atoms with Crippen LogP contribution in [0.5, 0.6) is 0 Å². The molecule has 0 amide bonds. The Balaban J connectivity index is 2.62. The van der Waals surface area contributed by atoms with Crippen molar-refractivity contribution in [3.05, 3.63) is 35.9 Å². The van der Waals surface area contributed by atoms with E-state index in [0.29, 0.717) is 12.3 Å². The third kappa shape index (κ3) is 3.76. The minimum atomic E-state index is 0.0534. The third-order valence-corrected chi connectivity index (χ3v) is 2.58. The smallest absolute Gasteiger partial charge is 0.164 e. The zero-order valence-electron chi connectivity index (χ0n) is 10.1. The van der Waals surface area contributed by atoms with Crippen molar-refractivity contribution >= 4 is 5.78 Å². The average Bonchev–Trinajstić information content (AvgIpc) is 2.29. The zero-order valence-corrected chi connectivity index (χ0v) is 10.1. The van der Waals surface area contributed by atoms with Gasteiger partial charge in [-0.2, -0.15) is 5.48 Å². The number of ketones is 1. The van der Waals surface area contributed by atoms with E-state index in [0.717, 1.165) is 5.56 Å². The second-order valence-corrected chi connectivity index (χ2v) is 4.17. The molecule has 88 valence electrons. The van der Waals surface area contributed by atoms with E-state index >= 15 is 0 Å². The lowest BCUT2D eigenvalue weighted by molar-refractivity contribution is 0.0418. The first-order chi connectivity index (χ1) is 7.65. The maximum atomic E-state index is 11.9. The van der Waals surface area contributed by atoms with Crippen molar-refractivity contribution in [3.8, 4) is 0 Å². The van der Waals surface area contributed by atoms with Crippen LogP contribution in [0, 0.1) is 5.92 Å². The number of hydroxylamine groups is 1. The Hall–Kier alpha value is -1.19. The molecule has 1 aromatic carbocycles. The van der Waals surface area contributed by atoms with E-state index in [1.165, 1.54) is 0 Å². The molecule has 0 saturated carbocycles. The number of hydrogen-bond donors (Lipinski definition) is 1. The van der Waals surface area contributed by atoms with Crippen LogP contribution in [0.4, 0.5) is 0 Å². The molecular formula is C13H19NO2. The SMILES string of the molecule is CONC(CC(=O)c1ccccc1)C(C)C. The molecule has 0 bridgehead atoms. The van der Waals surface area contributed by atoms with Crippen LogP contribution in [0.25, 0.3) is 0 Å². The van der Waals surface area contributed by atoms with Crippen molar-refractivity contribution < 1.29 is 9.63 Å². The number of rotatable bonds is 6. The summed E-state index contributed by atoms with van der Waals surface area (Å²) in [5, 5.41) is 0. The Labute approximate surface area is 96.8 Å². The molecule has 0 heterocycles. The Kier molecular flexibility index (Phi) is 5.15. The quantitative estimate of drug-likeness (QED) is 0.592. The van der Waals surface area contributed by atoms with E-state index in [1.54, 1.807) is 7.11 Å². The predicted molar refractivity (Wildman–Crippen MR) is 64.2 cm³/mol. The molecule has 0 aliphatic carbocycles. The second kappa shape index (κ2) is 6.40. The van der Waals surface area contributed by atoms with Crippen molar-refractivity contribution in [2.75, 3.05) is 7.11 Å². The lowest BCUT2D eigenvalue weighted by atomic mass is 9.96. The van der Waals surface area contributed by atoms with Gasteiger partial charge in [-0.3, -0.25) is 4.79 Å². The minimum absolute atomic E-state index is 0.0534. The highest BCUT2D eigenvalue weighted by Crippen LogP contribution is 2.11. The van der Waals surface area contributed by atoms with Gasteiger partial charge in [-0.05, 0) is 5.92 Å². The number of carbonyl (C=O) groups is 1. The normalized spacial score (nSPS) is 12.8. The molecule has 3 heteroatoms. The summed E-state index contributed by atoms with van der Waals surface area (Å²) in [5.41, 5.74) is 3.62. The molecule has 1 rings (SSSR count). The maximum Gasteiger partial charge on any atom is 0.164 e. The van der Waals surface area contributed by atoms with Gasteiger partial charge in [0.05, 0.1) is 7.11 Å². The summed E-state index contributed by atoms with van der Waals surface area (Å²) >= 11 is 0. The number of Topliss-reactive ketones (excluding diaryl/α,β-unsaturated/α-hetero) is 1. The van der Waals surface area contributed by atoms with Gasteiger partial charge in [-0.15, -0.1) is 0 Å². The topological polar surface area (TPSA) is 38.3 Å². The second-order valence-electron chi connectivity index (χ2n) is 4.17. The van der Waals surface area contributed by atoms with Crippen LogP contribution in [-0.4, -0.2) is 18.9 Å². The van der Waals surface area contributed by atoms with Crippen LogP contribution >= 0.6 is 0 Å². The first kappa shape index (κ1) is 12.9. The summed E-state index contributed by atoms with van der Waals surface area (Å²) in [5.74, 6) is 0.497. The van der Waals surface area contributed by atoms with Crippen LogP contribution in [0.2, 0.25) is 0 Å². The summed E-state index contributed by atoms with van der Waals surface area (Å²) in [4.78, 5) is 16.8.